The first-order valence-electron chi connectivity index (χ1n) is 7.94. The number of aryl methyl sites for hydroxylation is 1. The number of hydrazone groups is 1. The summed E-state index contributed by atoms with van der Waals surface area (Å²) in [5.74, 6) is 0.118. The first-order chi connectivity index (χ1) is 12.9. The van der Waals surface area contributed by atoms with Crippen LogP contribution in [0.1, 0.15) is 5.56 Å². The fraction of sp³-hybridized carbons (Fsp3) is 0.250. The van der Waals surface area contributed by atoms with Gasteiger partial charge in [-0.25, -0.2) is 10.2 Å². The Balaban J connectivity index is 2.06. The van der Waals surface area contributed by atoms with Crippen molar-refractivity contribution in [1.82, 2.24) is 19.1 Å². The lowest BCUT2D eigenvalue weighted by Gasteiger charge is -2.11. The fourth-order valence-corrected chi connectivity index (χ4v) is 2.69. The van der Waals surface area contributed by atoms with Crippen LogP contribution in [0.2, 0.25) is 5.02 Å². The van der Waals surface area contributed by atoms with Crippen molar-refractivity contribution in [3.05, 3.63) is 55.7 Å². The van der Waals surface area contributed by atoms with Crippen molar-refractivity contribution in [1.29, 1.82) is 0 Å². The maximum absolute atomic E-state index is 12.2. The van der Waals surface area contributed by atoms with Gasteiger partial charge in [-0.1, -0.05) is 29.8 Å². The molecule has 142 valence electrons. The molecule has 0 spiro atoms. The molecule has 0 radical (unpaired) electrons. The third kappa shape index (κ3) is 3.77. The van der Waals surface area contributed by atoms with Gasteiger partial charge in [0.05, 0.1) is 25.5 Å². The van der Waals surface area contributed by atoms with Gasteiger partial charge in [0.2, 0.25) is 5.95 Å². The van der Waals surface area contributed by atoms with Crippen LogP contribution >= 0.6 is 11.6 Å². The third-order valence-corrected chi connectivity index (χ3v) is 4.23. The van der Waals surface area contributed by atoms with Crippen LogP contribution in [-0.4, -0.2) is 48.2 Å². The zero-order valence-corrected chi connectivity index (χ0v) is 15.0. The SMILES string of the molecule is Cn1c(=O)[nH]c(=O)c2c1nc(N/N=C\c1ccccc1Cl)n2C[C@@H](O)CO. The topological polar surface area (TPSA) is 138 Å². The van der Waals surface area contributed by atoms with Crippen molar-refractivity contribution >= 4 is 34.9 Å². The number of anilines is 1. The summed E-state index contributed by atoms with van der Waals surface area (Å²) in [6.07, 6.45) is 0.338. The number of aliphatic hydroxyl groups excluding tert-OH is 2. The van der Waals surface area contributed by atoms with E-state index in [4.69, 9.17) is 16.7 Å². The molecule has 0 aliphatic heterocycles. The zero-order chi connectivity index (χ0) is 19.6. The van der Waals surface area contributed by atoms with E-state index in [0.29, 0.717) is 10.6 Å². The molecule has 4 N–H and O–H groups in total. The predicted octanol–water partition coefficient (Wildman–Crippen LogP) is -0.124. The summed E-state index contributed by atoms with van der Waals surface area (Å²) in [4.78, 5) is 30.4. The van der Waals surface area contributed by atoms with Crippen molar-refractivity contribution < 1.29 is 10.2 Å². The first-order valence-corrected chi connectivity index (χ1v) is 8.32. The number of nitrogens with one attached hydrogen (secondary N) is 2. The van der Waals surface area contributed by atoms with E-state index < -0.39 is 24.0 Å². The number of benzene rings is 1. The van der Waals surface area contributed by atoms with Gasteiger partial charge < -0.3 is 14.8 Å². The number of imidazole rings is 1. The molecule has 0 saturated carbocycles. The van der Waals surface area contributed by atoms with Crippen LogP contribution < -0.4 is 16.7 Å². The number of hydrogen-bond donors (Lipinski definition) is 4. The van der Waals surface area contributed by atoms with Gasteiger partial charge in [-0.2, -0.15) is 10.1 Å². The van der Waals surface area contributed by atoms with Crippen molar-refractivity contribution in [2.45, 2.75) is 12.6 Å². The smallest absolute Gasteiger partial charge is 0.329 e. The lowest BCUT2D eigenvalue weighted by molar-refractivity contribution is 0.0825. The number of halogens is 1. The van der Waals surface area contributed by atoms with E-state index >= 15 is 0 Å². The van der Waals surface area contributed by atoms with Crippen LogP contribution in [0.5, 0.6) is 0 Å². The van der Waals surface area contributed by atoms with Gasteiger partial charge in [0.25, 0.3) is 5.56 Å². The second kappa shape index (κ2) is 7.74. The van der Waals surface area contributed by atoms with E-state index in [1.807, 2.05) is 0 Å². The molecule has 2 aromatic heterocycles. The molecule has 1 aromatic carbocycles. The lowest BCUT2D eigenvalue weighted by atomic mass is 10.2. The Bertz CT molecular complexity index is 1120. The number of rotatable bonds is 6. The van der Waals surface area contributed by atoms with E-state index in [9.17, 15) is 14.7 Å². The first kappa shape index (κ1) is 18.8. The van der Waals surface area contributed by atoms with Crippen LogP contribution in [0.15, 0.2) is 39.0 Å². The molecule has 0 aliphatic carbocycles. The minimum absolute atomic E-state index is 0.0695. The minimum atomic E-state index is -1.13. The Kier molecular flexibility index (Phi) is 5.40. The molecule has 0 bridgehead atoms. The number of aliphatic hydroxyl groups is 2. The number of aromatic amines is 1. The Morgan fingerprint density at radius 2 is 2.15 bits per heavy atom. The third-order valence-electron chi connectivity index (χ3n) is 3.88. The highest BCUT2D eigenvalue weighted by atomic mass is 35.5. The van der Waals surface area contributed by atoms with E-state index in [1.54, 1.807) is 24.3 Å². The molecule has 27 heavy (non-hydrogen) atoms. The monoisotopic (exact) mass is 392 g/mol. The quantitative estimate of drug-likeness (QED) is 0.341. The van der Waals surface area contributed by atoms with Gasteiger partial charge >= 0.3 is 5.69 Å². The number of aromatic nitrogens is 4. The molecule has 1 atom stereocenters. The molecule has 0 saturated heterocycles. The fourth-order valence-electron chi connectivity index (χ4n) is 2.51. The molecule has 10 nitrogen and oxygen atoms in total. The highest BCUT2D eigenvalue weighted by Crippen LogP contribution is 2.17. The Hall–Kier alpha value is -2.95. The number of fused-ring (bicyclic) bond motifs is 1. The van der Waals surface area contributed by atoms with E-state index in [0.717, 1.165) is 0 Å². The van der Waals surface area contributed by atoms with Crippen LogP contribution in [0, 0.1) is 0 Å². The molecule has 11 heteroatoms. The normalized spacial score (nSPS) is 12.7. The molecule has 0 unspecified atom stereocenters. The van der Waals surface area contributed by atoms with E-state index in [1.165, 1.54) is 22.4 Å². The summed E-state index contributed by atoms with van der Waals surface area (Å²) in [6, 6.07) is 7.07. The lowest BCUT2D eigenvalue weighted by Crippen LogP contribution is -2.30. The van der Waals surface area contributed by atoms with Crippen LogP contribution in [0.4, 0.5) is 5.95 Å². The second-order valence-corrected chi connectivity index (χ2v) is 6.17. The highest BCUT2D eigenvalue weighted by Gasteiger charge is 2.19. The number of H-pyrrole nitrogens is 1. The van der Waals surface area contributed by atoms with Crippen LogP contribution in [0.3, 0.4) is 0 Å². The summed E-state index contributed by atoms with van der Waals surface area (Å²) < 4.78 is 2.51. The van der Waals surface area contributed by atoms with Crippen molar-refractivity contribution in [3.8, 4) is 0 Å². The molecule has 0 aliphatic rings. The minimum Gasteiger partial charge on any atom is -0.394 e. The molecule has 0 amide bonds. The zero-order valence-electron chi connectivity index (χ0n) is 14.3. The molecule has 3 rings (SSSR count). The largest absolute Gasteiger partial charge is 0.394 e. The summed E-state index contributed by atoms with van der Waals surface area (Å²) in [7, 11) is 1.46. The van der Waals surface area contributed by atoms with Gasteiger partial charge in [0, 0.05) is 17.6 Å². The Morgan fingerprint density at radius 1 is 1.41 bits per heavy atom. The van der Waals surface area contributed by atoms with Gasteiger partial charge in [0.1, 0.15) is 0 Å². The molecule has 0 fully saturated rings. The van der Waals surface area contributed by atoms with Gasteiger partial charge in [-0.15, -0.1) is 0 Å². The average Bonchev–Trinajstić information content (AvgIpc) is 3.00. The van der Waals surface area contributed by atoms with Crippen molar-refractivity contribution in [2.75, 3.05) is 12.0 Å². The van der Waals surface area contributed by atoms with Crippen molar-refractivity contribution in [3.63, 3.8) is 0 Å². The standard InChI is InChI=1S/C16H17ClN6O4/c1-22-13-12(14(26)20-16(22)27)23(7-10(25)8-24)15(19-13)21-18-6-9-4-2-3-5-11(9)17/h2-6,10,24-25H,7-8H2,1H3,(H,19,21)(H,20,26,27)/b18-6-/t10-/m1/s1. The Labute approximate surface area is 157 Å². The van der Waals surface area contributed by atoms with E-state index in [-0.39, 0.29) is 23.7 Å². The maximum Gasteiger partial charge on any atom is 0.329 e. The predicted molar refractivity (Wildman–Crippen MR) is 101 cm³/mol. The number of nitrogens with zero attached hydrogens (tertiary/aromatic N) is 4. The Morgan fingerprint density at radius 3 is 2.85 bits per heavy atom. The molecular formula is C16H17ClN6O4. The summed E-state index contributed by atoms with van der Waals surface area (Å²) in [6.45, 7) is -0.635. The molecule has 3 aromatic rings. The molecule has 2 heterocycles. The molecular weight excluding hydrogens is 376 g/mol. The highest BCUT2D eigenvalue weighted by molar-refractivity contribution is 6.33. The van der Waals surface area contributed by atoms with Crippen LogP contribution in [0.25, 0.3) is 11.2 Å². The average molecular weight is 393 g/mol. The summed E-state index contributed by atoms with van der Waals surface area (Å²) in [5.41, 5.74) is 2.25. The van der Waals surface area contributed by atoms with Gasteiger partial charge in [0.15, 0.2) is 11.2 Å². The van der Waals surface area contributed by atoms with Crippen LogP contribution in [-0.2, 0) is 13.6 Å². The number of hydrogen-bond acceptors (Lipinski definition) is 7. The van der Waals surface area contributed by atoms with Gasteiger partial charge in [-0.05, 0) is 6.07 Å². The second-order valence-electron chi connectivity index (χ2n) is 5.76. The van der Waals surface area contributed by atoms with Crippen molar-refractivity contribution in [2.24, 2.45) is 12.1 Å². The van der Waals surface area contributed by atoms with E-state index in [2.05, 4.69) is 20.5 Å². The summed E-state index contributed by atoms with van der Waals surface area (Å²) in [5, 5.41) is 23.5. The maximum atomic E-state index is 12.2. The van der Waals surface area contributed by atoms with Gasteiger partial charge in [-0.3, -0.25) is 14.3 Å². The summed E-state index contributed by atoms with van der Waals surface area (Å²) >= 11 is 6.06.